The molecule has 1 aromatic carbocycles. The van der Waals surface area contributed by atoms with Crippen LogP contribution in [0.3, 0.4) is 0 Å². The van der Waals surface area contributed by atoms with Crippen molar-refractivity contribution in [1.29, 1.82) is 0 Å². The van der Waals surface area contributed by atoms with Gasteiger partial charge >= 0.3 is 0 Å². The van der Waals surface area contributed by atoms with Gasteiger partial charge in [-0.25, -0.2) is 4.39 Å². The molecule has 0 unspecified atom stereocenters. The zero-order chi connectivity index (χ0) is 15.9. The van der Waals surface area contributed by atoms with E-state index in [0.29, 0.717) is 19.8 Å². The number of carbonyl (C=O) groups excluding carboxylic acids is 1. The van der Waals surface area contributed by atoms with E-state index in [0.717, 1.165) is 31.2 Å². The summed E-state index contributed by atoms with van der Waals surface area (Å²) in [5.74, 6) is -0.00147. The van der Waals surface area contributed by atoms with Gasteiger partial charge in [0.25, 0.3) is 0 Å². The Hall–Kier alpha value is -1.42. The van der Waals surface area contributed by atoms with Crippen molar-refractivity contribution in [2.24, 2.45) is 5.92 Å². The van der Waals surface area contributed by atoms with Crippen LogP contribution >= 0.6 is 0 Å². The maximum absolute atomic E-state index is 13.1. The third-order valence-corrected chi connectivity index (χ3v) is 4.32. The van der Waals surface area contributed by atoms with E-state index >= 15 is 0 Å². The molecule has 0 bridgehead atoms. The third-order valence-electron chi connectivity index (χ3n) is 4.32. The molecule has 2 rings (SSSR count). The van der Waals surface area contributed by atoms with Crippen molar-refractivity contribution < 1.29 is 13.9 Å². The van der Waals surface area contributed by atoms with Crippen LogP contribution in [0.25, 0.3) is 0 Å². The lowest BCUT2D eigenvalue weighted by molar-refractivity contribution is -0.140. The number of benzene rings is 1. The van der Waals surface area contributed by atoms with E-state index in [-0.39, 0.29) is 23.7 Å². The van der Waals surface area contributed by atoms with Crippen LogP contribution in [-0.2, 0) is 16.1 Å². The SMILES string of the molecule is CCC[C@@H](C)C(=O)N(Cc1ccc(F)cc1)C1CCOCC1. The number of amides is 1. The molecule has 0 spiro atoms. The molecule has 0 N–H and O–H groups in total. The number of nitrogens with zero attached hydrogens (tertiary/aromatic N) is 1. The molecule has 0 aromatic heterocycles. The molecule has 122 valence electrons. The van der Waals surface area contributed by atoms with Crippen molar-refractivity contribution in [3.63, 3.8) is 0 Å². The molecule has 0 aliphatic carbocycles. The topological polar surface area (TPSA) is 29.5 Å². The average Bonchev–Trinajstić information content (AvgIpc) is 2.55. The summed E-state index contributed by atoms with van der Waals surface area (Å²) in [6.07, 6.45) is 3.67. The maximum Gasteiger partial charge on any atom is 0.225 e. The highest BCUT2D eigenvalue weighted by molar-refractivity contribution is 5.78. The standard InChI is InChI=1S/C18H26FNO2/c1-3-4-14(2)18(21)20(17-9-11-22-12-10-17)13-15-5-7-16(19)8-6-15/h5-8,14,17H,3-4,9-13H2,1-2H3/t14-/m1/s1. The molecule has 1 aliphatic rings. The van der Waals surface area contributed by atoms with Gasteiger partial charge in [0.05, 0.1) is 0 Å². The quantitative estimate of drug-likeness (QED) is 0.800. The van der Waals surface area contributed by atoms with Gasteiger partial charge in [-0.2, -0.15) is 0 Å². The van der Waals surface area contributed by atoms with Gasteiger partial charge in [-0.1, -0.05) is 32.4 Å². The number of halogens is 1. The smallest absolute Gasteiger partial charge is 0.225 e. The van der Waals surface area contributed by atoms with E-state index in [4.69, 9.17) is 4.74 Å². The van der Waals surface area contributed by atoms with Crippen molar-refractivity contribution in [2.45, 2.75) is 52.1 Å². The van der Waals surface area contributed by atoms with Gasteiger partial charge in [-0.3, -0.25) is 4.79 Å². The molecule has 1 heterocycles. The Morgan fingerprint density at radius 3 is 2.55 bits per heavy atom. The lowest BCUT2D eigenvalue weighted by Gasteiger charge is -2.36. The Labute approximate surface area is 132 Å². The zero-order valence-corrected chi connectivity index (χ0v) is 13.6. The summed E-state index contributed by atoms with van der Waals surface area (Å²) in [5.41, 5.74) is 0.977. The normalized spacial score (nSPS) is 17.2. The fourth-order valence-corrected chi connectivity index (χ4v) is 3.01. The largest absolute Gasteiger partial charge is 0.381 e. The second kappa shape index (κ2) is 8.28. The summed E-state index contributed by atoms with van der Waals surface area (Å²) in [5, 5.41) is 0. The van der Waals surface area contributed by atoms with Gasteiger partial charge in [-0.05, 0) is 37.0 Å². The first-order valence-corrected chi connectivity index (χ1v) is 8.24. The predicted octanol–water partition coefficient (Wildman–Crippen LogP) is 3.77. The number of ether oxygens (including phenoxy) is 1. The summed E-state index contributed by atoms with van der Waals surface area (Å²) < 4.78 is 18.5. The number of hydrogen-bond donors (Lipinski definition) is 0. The lowest BCUT2D eigenvalue weighted by atomic mass is 9.99. The molecule has 1 saturated heterocycles. The monoisotopic (exact) mass is 307 g/mol. The number of hydrogen-bond acceptors (Lipinski definition) is 2. The predicted molar refractivity (Wildman–Crippen MR) is 84.9 cm³/mol. The summed E-state index contributed by atoms with van der Waals surface area (Å²) in [4.78, 5) is 14.8. The summed E-state index contributed by atoms with van der Waals surface area (Å²) in [6, 6.07) is 6.67. The van der Waals surface area contributed by atoms with Crippen LogP contribution in [0.5, 0.6) is 0 Å². The second-order valence-corrected chi connectivity index (χ2v) is 6.13. The van der Waals surface area contributed by atoms with Crippen LogP contribution < -0.4 is 0 Å². The molecule has 22 heavy (non-hydrogen) atoms. The Morgan fingerprint density at radius 2 is 1.95 bits per heavy atom. The first kappa shape index (κ1) is 16.9. The molecule has 1 aromatic rings. The van der Waals surface area contributed by atoms with Gasteiger partial charge in [0.2, 0.25) is 5.91 Å². The number of carbonyl (C=O) groups is 1. The van der Waals surface area contributed by atoms with Crippen LogP contribution in [0.1, 0.15) is 45.1 Å². The highest BCUT2D eigenvalue weighted by atomic mass is 19.1. The van der Waals surface area contributed by atoms with E-state index in [1.807, 2.05) is 11.8 Å². The van der Waals surface area contributed by atoms with Crippen molar-refractivity contribution in [3.05, 3.63) is 35.6 Å². The molecule has 0 saturated carbocycles. The van der Waals surface area contributed by atoms with Gasteiger partial charge in [0.15, 0.2) is 0 Å². The van der Waals surface area contributed by atoms with Crippen LogP contribution in [0.2, 0.25) is 0 Å². The first-order chi connectivity index (χ1) is 10.6. The molecular formula is C18H26FNO2. The first-order valence-electron chi connectivity index (χ1n) is 8.24. The minimum absolute atomic E-state index is 0.0355. The Morgan fingerprint density at radius 1 is 1.32 bits per heavy atom. The highest BCUT2D eigenvalue weighted by Crippen LogP contribution is 2.21. The van der Waals surface area contributed by atoms with Gasteiger partial charge in [0, 0.05) is 31.7 Å². The van der Waals surface area contributed by atoms with E-state index in [1.165, 1.54) is 12.1 Å². The van der Waals surface area contributed by atoms with Gasteiger partial charge in [-0.15, -0.1) is 0 Å². The molecule has 1 atom stereocenters. The summed E-state index contributed by atoms with van der Waals surface area (Å²) in [6.45, 7) is 6.07. The van der Waals surface area contributed by atoms with Crippen molar-refractivity contribution in [3.8, 4) is 0 Å². The number of rotatable bonds is 6. The zero-order valence-electron chi connectivity index (χ0n) is 13.6. The summed E-state index contributed by atoms with van der Waals surface area (Å²) >= 11 is 0. The van der Waals surface area contributed by atoms with Crippen LogP contribution in [0.4, 0.5) is 4.39 Å². The molecule has 1 aliphatic heterocycles. The molecule has 4 heteroatoms. The fraction of sp³-hybridized carbons (Fsp3) is 0.611. The van der Waals surface area contributed by atoms with Gasteiger partial charge < -0.3 is 9.64 Å². The third kappa shape index (κ3) is 4.54. The van der Waals surface area contributed by atoms with Crippen LogP contribution in [0, 0.1) is 11.7 Å². The Balaban J connectivity index is 2.12. The lowest BCUT2D eigenvalue weighted by Crippen LogP contribution is -2.45. The molecule has 1 amide bonds. The minimum Gasteiger partial charge on any atom is -0.381 e. The molecule has 1 fully saturated rings. The Bertz CT molecular complexity index is 468. The minimum atomic E-state index is -0.243. The molecule has 0 radical (unpaired) electrons. The van der Waals surface area contributed by atoms with Crippen molar-refractivity contribution in [1.82, 2.24) is 4.90 Å². The second-order valence-electron chi connectivity index (χ2n) is 6.13. The van der Waals surface area contributed by atoms with Crippen LogP contribution in [-0.4, -0.2) is 30.1 Å². The van der Waals surface area contributed by atoms with Gasteiger partial charge in [0.1, 0.15) is 5.82 Å². The fourth-order valence-electron chi connectivity index (χ4n) is 3.01. The van der Waals surface area contributed by atoms with E-state index in [1.54, 1.807) is 12.1 Å². The van der Waals surface area contributed by atoms with Crippen molar-refractivity contribution in [2.75, 3.05) is 13.2 Å². The Kier molecular flexibility index (Phi) is 6.37. The van der Waals surface area contributed by atoms with Crippen LogP contribution in [0.15, 0.2) is 24.3 Å². The maximum atomic E-state index is 13.1. The summed E-state index contributed by atoms with van der Waals surface area (Å²) in [7, 11) is 0. The van der Waals surface area contributed by atoms with E-state index < -0.39 is 0 Å². The average molecular weight is 307 g/mol. The van der Waals surface area contributed by atoms with E-state index in [9.17, 15) is 9.18 Å². The van der Waals surface area contributed by atoms with Crippen molar-refractivity contribution >= 4 is 5.91 Å². The molecule has 3 nitrogen and oxygen atoms in total. The van der Waals surface area contributed by atoms with E-state index in [2.05, 4.69) is 6.92 Å². The highest BCUT2D eigenvalue weighted by Gasteiger charge is 2.28. The molecular weight excluding hydrogens is 281 g/mol.